The number of pyridine rings is 1. The van der Waals surface area contributed by atoms with Crippen molar-refractivity contribution >= 4 is 28.9 Å². The number of carbonyl (C=O) groups is 1. The summed E-state index contributed by atoms with van der Waals surface area (Å²) in [7, 11) is 0. The monoisotopic (exact) mass is 337 g/mol. The van der Waals surface area contributed by atoms with E-state index >= 15 is 0 Å². The molecule has 0 saturated carbocycles. The van der Waals surface area contributed by atoms with Crippen molar-refractivity contribution in [1.29, 1.82) is 0 Å². The molecule has 120 valence electrons. The number of carbonyl (C=O) groups excluding carboxylic acids is 1. The summed E-state index contributed by atoms with van der Waals surface area (Å²) in [5.41, 5.74) is 3.03. The summed E-state index contributed by atoms with van der Waals surface area (Å²) in [6, 6.07) is 20.6. The lowest BCUT2D eigenvalue weighted by Gasteiger charge is -2.09. The van der Waals surface area contributed by atoms with Crippen LogP contribution in [0.4, 0.5) is 11.4 Å². The molecule has 3 rings (SSSR count). The molecule has 2 aromatic carbocycles. The Labute approximate surface area is 145 Å². The zero-order valence-corrected chi connectivity index (χ0v) is 13.6. The molecule has 2 N–H and O–H groups in total. The molecule has 0 spiro atoms. The van der Waals surface area contributed by atoms with Gasteiger partial charge in [-0.25, -0.2) is 0 Å². The number of rotatable bonds is 5. The predicted octanol–water partition coefficient (Wildman–Crippen LogP) is 4.41. The Morgan fingerprint density at radius 3 is 2.54 bits per heavy atom. The zero-order chi connectivity index (χ0) is 16.8. The van der Waals surface area contributed by atoms with Crippen LogP contribution in [0, 0.1) is 0 Å². The van der Waals surface area contributed by atoms with Gasteiger partial charge in [0.25, 0.3) is 5.91 Å². The van der Waals surface area contributed by atoms with Gasteiger partial charge in [-0.05, 0) is 35.9 Å². The molecular weight excluding hydrogens is 322 g/mol. The minimum atomic E-state index is -0.214. The van der Waals surface area contributed by atoms with Crippen molar-refractivity contribution in [3.05, 3.63) is 89.2 Å². The fourth-order valence-electron chi connectivity index (χ4n) is 2.23. The Bertz CT molecular complexity index is 837. The molecular formula is C19H16ClN3O. The van der Waals surface area contributed by atoms with E-state index in [2.05, 4.69) is 15.6 Å². The van der Waals surface area contributed by atoms with E-state index in [1.165, 1.54) is 0 Å². The fourth-order valence-corrected chi connectivity index (χ4v) is 2.42. The van der Waals surface area contributed by atoms with E-state index in [9.17, 15) is 4.79 Å². The van der Waals surface area contributed by atoms with Gasteiger partial charge >= 0.3 is 0 Å². The summed E-state index contributed by atoms with van der Waals surface area (Å²) in [6.07, 6.45) is 1.60. The lowest BCUT2D eigenvalue weighted by atomic mass is 10.2. The van der Waals surface area contributed by atoms with E-state index in [0.717, 1.165) is 16.9 Å². The van der Waals surface area contributed by atoms with Gasteiger partial charge in [0.1, 0.15) is 5.69 Å². The third kappa shape index (κ3) is 4.33. The number of nitrogens with one attached hydrogen (secondary N) is 2. The van der Waals surface area contributed by atoms with Gasteiger partial charge in [-0.15, -0.1) is 0 Å². The molecule has 0 saturated heterocycles. The van der Waals surface area contributed by atoms with Crippen LogP contribution < -0.4 is 10.6 Å². The highest BCUT2D eigenvalue weighted by molar-refractivity contribution is 6.30. The summed E-state index contributed by atoms with van der Waals surface area (Å²) < 4.78 is 0. The predicted molar refractivity (Wildman–Crippen MR) is 96.6 cm³/mol. The zero-order valence-electron chi connectivity index (χ0n) is 12.9. The van der Waals surface area contributed by atoms with Gasteiger partial charge in [-0.3, -0.25) is 9.78 Å². The molecule has 1 amide bonds. The first-order valence-electron chi connectivity index (χ1n) is 7.51. The van der Waals surface area contributed by atoms with Gasteiger partial charge in [-0.1, -0.05) is 48.0 Å². The van der Waals surface area contributed by atoms with Crippen LogP contribution in [0.5, 0.6) is 0 Å². The van der Waals surface area contributed by atoms with E-state index in [1.54, 1.807) is 18.3 Å². The standard InChI is InChI=1S/C19H16ClN3O/c20-15-7-4-8-16(11-15)23-17-9-10-21-18(12-17)19(24)22-13-14-5-2-1-3-6-14/h1-12H,13H2,(H,21,23)(H,22,24). The second-order valence-electron chi connectivity index (χ2n) is 5.23. The fraction of sp³-hybridized carbons (Fsp3) is 0.0526. The van der Waals surface area contributed by atoms with Crippen LogP contribution in [0.15, 0.2) is 72.9 Å². The summed E-state index contributed by atoms with van der Waals surface area (Å²) in [5, 5.41) is 6.72. The minimum absolute atomic E-state index is 0.214. The topological polar surface area (TPSA) is 54.0 Å². The number of hydrogen-bond acceptors (Lipinski definition) is 3. The Balaban J connectivity index is 1.67. The molecule has 0 atom stereocenters. The van der Waals surface area contributed by atoms with Crippen LogP contribution in [0.2, 0.25) is 5.02 Å². The van der Waals surface area contributed by atoms with E-state index < -0.39 is 0 Å². The summed E-state index contributed by atoms with van der Waals surface area (Å²) in [6.45, 7) is 0.466. The van der Waals surface area contributed by atoms with Crippen LogP contribution in [0.3, 0.4) is 0 Å². The minimum Gasteiger partial charge on any atom is -0.355 e. The first kappa shape index (κ1) is 16.0. The highest BCUT2D eigenvalue weighted by Crippen LogP contribution is 2.20. The molecule has 0 aliphatic carbocycles. The molecule has 1 aromatic heterocycles. The average Bonchev–Trinajstić information content (AvgIpc) is 2.61. The molecule has 0 aliphatic rings. The second kappa shape index (κ2) is 7.62. The highest BCUT2D eigenvalue weighted by Gasteiger charge is 2.08. The Kier molecular flexibility index (Phi) is 5.08. The van der Waals surface area contributed by atoms with Crippen molar-refractivity contribution in [2.24, 2.45) is 0 Å². The van der Waals surface area contributed by atoms with Crippen LogP contribution >= 0.6 is 11.6 Å². The van der Waals surface area contributed by atoms with Crippen LogP contribution in [0.25, 0.3) is 0 Å². The van der Waals surface area contributed by atoms with E-state index in [4.69, 9.17) is 11.6 Å². The quantitative estimate of drug-likeness (QED) is 0.725. The number of aromatic nitrogens is 1. The third-order valence-electron chi connectivity index (χ3n) is 3.40. The maximum Gasteiger partial charge on any atom is 0.270 e. The van der Waals surface area contributed by atoms with Crippen LogP contribution in [0.1, 0.15) is 16.1 Å². The summed E-state index contributed by atoms with van der Waals surface area (Å²) >= 11 is 5.98. The Morgan fingerprint density at radius 1 is 0.958 bits per heavy atom. The van der Waals surface area contributed by atoms with E-state index in [1.807, 2.05) is 54.6 Å². The Hall–Kier alpha value is -2.85. The number of halogens is 1. The van der Waals surface area contributed by atoms with Crippen molar-refractivity contribution < 1.29 is 4.79 Å². The lowest BCUT2D eigenvalue weighted by molar-refractivity contribution is 0.0946. The molecule has 1 heterocycles. The number of amides is 1. The molecule has 0 aliphatic heterocycles. The van der Waals surface area contributed by atoms with Crippen molar-refractivity contribution in [1.82, 2.24) is 10.3 Å². The first-order chi connectivity index (χ1) is 11.7. The molecule has 0 radical (unpaired) electrons. The van der Waals surface area contributed by atoms with Gasteiger partial charge in [0, 0.05) is 29.1 Å². The first-order valence-corrected chi connectivity index (χ1v) is 7.89. The van der Waals surface area contributed by atoms with Crippen molar-refractivity contribution in [3.63, 3.8) is 0 Å². The summed E-state index contributed by atoms with van der Waals surface area (Å²) in [5.74, 6) is -0.214. The smallest absolute Gasteiger partial charge is 0.270 e. The van der Waals surface area contributed by atoms with Gasteiger partial charge < -0.3 is 10.6 Å². The molecule has 5 heteroatoms. The molecule has 0 fully saturated rings. The summed E-state index contributed by atoms with van der Waals surface area (Å²) in [4.78, 5) is 16.4. The van der Waals surface area contributed by atoms with Gasteiger partial charge in [0.05, 0.1) is 0 Å². The van der Waals surface area contributed by atoms with Gasteiger partial charge in [-0.2, -0.15) is 0 Å². The largest absolute Gasteiger partial charge is 0.355 e. The van der Waals surface area contributed by atoms with Crippen LogP contribution in [-0.2, 0) is 6.54 Å². The Morgan fingerprint density at radius 2 is 1.75 bits per heavy atom. The van der Waals surface area contributed by atoms with Crippen molar-refractivity contribution in [3.8, 4) is 0 Å². The van der Waals surface area contributed by atoms with Crippen LogP contribution in [-0.4, -0.2) is 10.9 Å². The highest BCUT2D eigenvalue weighted by atomic mass is 35.5. The molecule has 3 aromatic rings. The van der Waals surface area contributed by atoms with E-state index in [-0.39, 0.29) is 5.91 Å². The van der Waals surface area contributed by atoms with Crippen molar-refractivity contribution in [2.75, 3.05) is 5.32 Å². The third-order valence-corrected chi connectivity index (χ3v) is 3.64. The van der Waals surface area contributed by atoms with E-state index in [0.29, 0.717) is 17.3 Å². The SMILES string of the molecule is O=C(NCc1ccccc1)c1cc(Nc2cccc(Cl)c2)ccn1. The molecule has 24 heavy (non-hydrogen) atoms. The number of benzene rings is 2. The number of nitrogens with zero attached hydrogens (tertiary/aromatic N) is 1. The maximum absolute atomic E-state index is 12.3. The van der Waals surface area contributed by atoms with Gasteiger partial charge in [0.2, 0.25) is 0 Å². The molecule has 0 unspecified atom stereocenters. The normalized spacial score (nSPS) is 10.2. The lowest BCUT2D eigenvalue weighted by Crippen LogP contribution is -2.23. The average molecular weight is 338 g/mol. The second-order valence-corrected chi connectivity index (χ2v) is 5.67. The van der Waals surface area contributed by atoms with Gasteiger partial charge in [0.15, 0.2) is 0 Å². The number of anilines is 2. The number of hydrogen-bond donors (Lipinski definition) is 2. The molecule has 4 nitrogen and oxygen atoms in total. The molecule has 0 bridgehead atoms. The maximum atomic E-state index is 12.3. The van der Waals surface area contributed by atoms with Crippen molar-refractivity contribution in [2.45, 2.75) is 6.54 Å².